The molecule has 0 heterocycles. The molecule has 0 amide bonds. The van der Waals surface area contributed by atoms with E-state index < -0.39 is 0 Å². The van der Waals surface area contributed by atoms with Gasteiger partial charge in [0.05, 0.1) is 0 Å². The summed E-state index contributed by atoms with van der Waals surface area (Å²) < 4.78 is 1.37. The Morgan fingerprint density at radius 3 is 0.508 bits per heavy atom. The molecule has 0 atom stereocenters. The van der Waals surface area contributed by atoms with Crippen molar-refractivity contribution in [1.29, 1.82) is 0 Å². The first-order valence-electron chi connectivity index (χ1n) is 25.4. The van der Waals surface area contributed by atoms with E-state index in [-0.39, 0.29) is 48.1 Å². The molecule has 0 saturated heterocycles. The molecular formula is C50H100MoN2S6-6. The fourth-order valence-corrected chi connectivity index (χ4v) is 8.48. The first-order valence-corrected chi connectivity index (χ1v) is 27.0. The average molecular weight is 1020 g/mol. The molecular weight excluding hydrogens is 917 g/mol. The summed E-state index contributed by atoms with van der Waals surface area (Å²) in [6.45, 7) is 13.5. The maximum Gasteiger partial charge on any atom is 0.0162 e. The first kappa shape index (κ1) is 69.6. The zero-order chi connectivity index (χ0) is 41.4. The molecule has 0 aromatic rings. The summed E-state index contributed by atoms with van der Waals surface area (Å²) in [5.41, 5.74) is 0. The Morgan fingerprint density at radius 2 is 0.390 bits per heavy atom. The van der Waals surface area contributed by atoms with Gasteiger partial charge in [-0.15, -0.1) is 0 Å². The molecule has 9 heteroatoms. The number of thiocarbonyl (C=S) groups is 2. The Labute approximate surface area is 423 Å². The Morgan fingerprint density at radius 1 is 0.271 bits per heavy atom. The van der Waals surface area contributed by atoms with Gasteiger partial charge < -0.3 is 86.5 Å². The summed E-state index contributed by atoms with van der Waals surface area (Å²) in [5, 5.41) is 0. The zero-order valence-electron chi connectivity index (χ0n) is 39.9. The standard InChI is InChI=1S/2C25H51NS2.Mo.2S/c2*1-3-5-7-9-11-13-15-17-19-21-23-26(25(27)28)24-22-20-18-16-14-12-10-8-6-4-2;;;/h2*3-24H2,1-2H3,(H,27,28);;;/q;;;2*-2/p-2. The molecule has 0 aromatic heterocycles. The van der Waals surface area contributed by atoms with Crippen LogP contribution in [0.3, 0.4) is 0 Å². The van der Waals surface area contributed by atoms with Crippen molar-refractivity contribution in [2.45, 2.75) is 285 Å². The topological polar surface area (TPSA) is 6.48 Å². The van der Waals surface area contributed by atoms with Crippen LogP contribution in [0.1, 0.15) is 285 Å². The summed E-state index contributed by atoms with van der Waals surface area (Å²) in [6, 6.07) is 0. The van der Waals surface area contributed by atoms with E-state index in [0.29, 0.717) is 8.64 Å². The predicted octanol–water partition coefficient (Wildman–Crippen LogP) is 17.9. The van der Waals surface area contributed by atoms with Gasteiger partial charge in [0.1, 0.15) is 0 Å². The van der Waals surface area contributed by atoms with Gasteiger partial charge in [-0.2, -0.15) is 0 Å². The summed E-state index contributed by atoms with van der Waals surface area (Å²) in [6.07, 6.45) is 55.4. The first-order chi connectivity index (χ1) is 27.4. The maximum atomic E-state index is 5.30. The van der Waals surface area contributed by atoms with Crippen LogP contribution in [0.2, 0.25) is 0 Å². The van der Waals surface area contributed by atoms with Crippen molar-refractivity contribution >= 4 is 85.3 Å². The van der Waals surface area contributed by atoms with E-state index in [1.54, 1.807) is 0 Å². The third-order valence-corrected chi connectivity index (χ3v) is 12.7. The Hall–Kier alpha value is 1.61. The molecule has 0 fully saturated rings. The van der Waals surface area contributed by atoms with Crippen LogP contribution in [0, 0.1) is 0 Å². The van der Waals surface area contributed by atoms with Crippen LogP contribution in [-0.4, -0.2) is 44.6 Å². The van der Waals surface area contributed by atoms with Gasteiger partial charge in [0.25, 0.3) is 0 Å². The van der Waals surface area contributed by atoms with Gasteiger partial charge >= 0.3 is 0 Å². The minimum absolute atomic E-state index is 0. The summed E-state index contributed by atoms with van der Waals surface area (Å²) in [7, 11) is 0. The van der Waals surface area contributed by atoms with Gasteiger partial charge in [-0.3, -0.25) is 0 Å². The van der Waals surface area contributed by atoms with Crippen LogP contribution in [0.25, 0.3) is 0 Å². The number of hydrogen-bond acceptors (Lipinski definition) is 4. The summed E-state index contributed by atoms with van der Waals surface area (Å²) >= 11 is 21.2. The second kappa shape index (κ2) is 61.7. The van der Waals surface area contributed by atoms with Gasteiger partial charge in [0.15, 0.2) is 0 Å². The molecule has 0 rings (SSSR count). The third kappa shape index (κ3) is 59.6. The van der Waals surface area contributed by atoms with E-state index in [1.165, 1.54) is 257 Å². The largest absolute Gasteiger partial charge is 2.00 e. The van der Waals surface area contributed by atoms with E-state index >= 15 is 0 Å². The molecule has 0 spiro atoms. The summed E-state index contributed by atoms with van der Waals surface area (Å²) in [5.74, 6) is 0. The van der Waals surface area contributed by atoms with Crippen molar-refractivity contribution in [2.75, 3.05) is 26.2 Å². The molecule has 358 valence electrons. The Bertz CT molecular complexity index is 668. The van der Waals surface area contributed by atoms with Gasteiger partial charge in [-0.05, 0) is 25.7 Å². The van der Waals surface area contributed by atoms with Crippen molar-refractivity contribution < 1.29 is 21.1 Å². The maximum absolute atomic E-state index is 5.30. The second-order valence-electron chi connectivity index (χ2n) is 17.2. The van der Waals surface area contributed by atoms with Crippen molar-refractivity contribution in [1.82, 2.24) is 9.80 Å². The van der Waals surface area contributed by atoms with Gasteiger partial charge in [0, 0.05) is 47.2 Å². The van der Waals surface area contributed by atoms with Crippen LogP contribution in [0.15, 0.2) is 0 Å². The zero-order valence-corrected chi connectivity index (χ0v) is 46.8. The van der Waals surface area contributed by atoms with Crippen LogP contribution < -0.4 is 0 Å². The number of hydrogen-bond donors (Lipinski definition) is 0. The third-order valence-electron chi connectivity index (χ3n) is 11.6. The van der Waals surface area contributed by atoms with E-state index in [9.17, 15) is 0 Å². The smallest absolute Gasteiger partial charge is 0.0162 e. The normalized spacial score (nSPS) is 10.5. The minimum atomic E-state index is 0. The summed E-state index contributed by atoms with van der Waals surface area (Å²) in [4.78, 5) is 4.56. The van der Waals surface area contributed by atoms with Crippen molar-refractivity contribution in [3.63, 3.8) is 0 Å². The monoisotopic (exact) mass is 1020 g/mol. The molecule has 2 nitrogen and oxygen atoms in total. The van der Waals surface area contributed by atoms with Crippen LogP contribution >= 0.6 is 24.4 Å². The fraction of sp³-hybridized carbons (Fsp3) is 0.960. The van der Waals surface area contributed by atoms with E-state index in [4.69, 9.17) is 49.7 Å². The Balaban J connectivity index is -0.000000314. The van der Waals surface area contributed by atoms with Crippen molar-refractivity contribution in [3.8, 4) is 0 Å². The number of rotatable bonds is 44. The molecule has 0 N–H and O–H groups in total. The molecule has 0 unspecified atom stereocenters. The fourth-order valence-electron chi connectivity index (χ4n) is 7.75. The molecule has 0 aliphatic carbocycles. The predicted molar refractivity (Wildman–Crippen MR) is 285 cm³/mol. The molecule has 0 radical (unpaired) electrons. The van der Waals surface area contributed by atoms with Crippen LogP contribution in [0.5, 0.6) is 0 Å². The minimum Gasteiger partial charge on any atom is -2.00 e. The molecule has 0 saturated carbocycles. The quantitative estimate of drug-likeness (QED) is 0.0258. The molecule has 59 heavy (non-hydrogen) atoms. The van der Waals surface area contributed by atoms with Crippen molar-refractivity contribution in [2.24, 2.45) is 0 Å². The van der Waals surface area contributed by atoms with E-state index in [2.05, 4.69) is 37.5 Å². The molecule has 0 aromatic carbocycles. The van der Waals surface area contributed by atoms with E-state index in [0.717, 1.165) is 26.2 Å². The molecule has 0 bridgehead atoms. The SMILES string of the molecule is CCCCCCCCCCCCN(CCCCCCCCCCCC)C(=S)[S-].CCCCCCCCCCCCN(CCCCCCCCCCCC)C(=S)[S-].[Mo].[S-2].[S-2]. The van der Waals surface area contributed by atoms with Gasteiger partial charge in [-0.25, -0.2) is 0 Å². The van der Waals surface area contributed by atoms with Gasteiger partial charge in [0.2, 0.25) is 0 Å². The average Bonchev–Trinajstić information content (AvgIpc) is 3.19. The van der Waals surface area contributed by atoms with Gasteiger partial charge in [-0.1, -0.05) is 267 Å². The van der Waals surface area contributed by atoms with Crippen LogP contribution in [-0.2, 0) is 73.3 Å². The Kier molecular flexibility index (Phi) is 72.8. The van der Waals surface area contributed by atoms with Crippen molar-refractivity contribution in [3.05, 3.63) is 0 Å². The molecule has 0 aliphatic heterocycles. The number of unbranched alkanes of at least 4 members (excludes halogenated alkanes) is 36. The molecule has 0 aliphatic rings. The second-order valence-corrected chi connectivity index (χ2v) is 19.3. The number of nitrogens with zero attached hydrogens (tertiary/aromatic N) is 2. The van der Waals surface area contributed by atoms with E-state index in [1.807, 2.05) is 0 Å². The van der Waals surface area contributed by atoms with Crippen LogP contribution in [0.4, 0.5) is 0 Å².